The van der Waals surface area contributed by atoms with Crippen LogP contribution in [0.5, 0.6) is 0 Å². The third kappa shape index (κ3) is 3.99. The van der Waals surface area contributed by atoms with E-state index in [1.54, 1.807) is 0 Å². The molecule has 0 aromatic rings. The Labute approximate surface area is 97.2 Å². The van der Waals surface area contributed by atoms with Crippen LogP contribution in [0.2, 0.25) is 0 Å². The van der Waals surface area contributed by atoms with Crippen molar-refractivity contribution < 1.29 is 14.9 Å². The molecule has 0 unspecified atom stereocenters. The van der Waals surface area contributed by atoms with Crippen molar-refractivity contribution in [1.82, 2.24) is 4.90 Å². The summed E-state index contributed by atoms with van der Waals surface area (Å²) >= 11 is 0. The molecule has 0 spiro atoms. The lowest BCUT2D eigenvalue weighted by Gasteiger charge is -2.40. The molecule has 96 valence electrons. The average molecular weight is 232 g/mol. The highest BCUT2D eigenvalue weighted by Gasteiger charge is 2.32. The largest absolute Gasteiger partial charge is 0.395 e. The van der Waals surface area contributed by atoms with Gasteiger partial charge in [0.05, 0.1) is 13.2 Å². The highest BCUT2D eigenvalue weighted by Crippen LogP contribution is 2.30. The zero-order valence-electron chi connectivity index (χ0n) is 9.90. The van der Waals surface area contributed by atoms with Crippen molar-refractivity contribution in [3.8, 4) is 0 Å². The third-order valence-corrected chi connectivity index (χ3v) is 3.38. The SMILES string of the molecule is NCC1(CN(CCO)CCO)CCOCC1. The van der Waals surface area contributed by atoms with E-state index in [1.165, 1.54) is 0 Å². The summed E-state index contributed by atoms with van der Waals surface area (Å²) in [5.74, 6) is 0. The van der Waals surface area contributed by atoms with E-state index >= 15 is 0 Å². The summed E-state index contributed by atoms with van der Waals surface area (Å²) in [5.41, 5.74) is 5.97. The Hall–Kier alpha value is -0.200. The number of nitrogens with two attached hydrogens (primary N) is 1. The molecule has 1 rings (SSSR count). The topological polar surface area (TPSA) is 79.0 Å². The zero-order valence-corrected chi connectivity index (χ0v) is 9.90. The van der Waals surface area contributed by atoms with Crippen LogP contribution >= 0.6 is 0 Å². The molecule has 0 aliphatic carbocycles. The number of hydrogen-bond acceptors (Lipinski definition) is 5. The Balaban J connectivity index is 2.50. The van der Waals surface area contributed by atoms with E-state index in [0.717, 1.165) is 32.6 Å². The van der Waals surface area contributed by atoms with E-state index in [-0.39, 0.29) is 18.6 Å². The summed E-state index contributed by atoms with van der Waals surface area (Å²) in [6.07, 6.45) is 1.94. The second kappa shape index (κ2) is 7.19. The normalized spacial score (nSPS) is 20.2. The van der Waals surface area contributed by atoms with Crippen molar-refractivity contribution in [2.75, 3.05) is 52.6 Å². The van der Waals surface area contributed by atoms with Gasteiger partial charge in [-0.05, 0) is 24.8 Å². The third-order valence-electron chi connectivity index (χ3n) is 3.38. The maximum atomic E-state index is 8.97. The lowest BCUT2D eigenvalue weighted by Crippen LogP contribution is -2.47. The zero-order chi connectivity index (χ0) is 11.9. The van der Waals surface area contributed by atoms with Gasteiger partial charge in [-0.1, -0.05) is 0 Å². The maximum Gasteiger partial charge on any atom is 0.0558 e. The molecule has 16 heavy (non-hydrogen) atoms. The molecule has 5 nitrogen and oxygen atoms in total. The first-order valence-electron chi connectivity index (χ1n) is 5.98. The minimum Gasteiger partial charge on any atom is -0.395 e. The Morgan fingerprint density at radius 2 is 1.69 bits per heavy atom. The molecule has 0 saturated carbocycles. The molecular formula is C11H24N2O3. The van der Waals surface area contributed by atoms with Gasteiger partial charge < -0.3 is 20.7 Å². The van der Waals surface area contributed by atoms with Crippen LogP contribution in [0.3, 0.4) is 0 Å². The molecule has 1 aliphatic rings. The van der Waals surface area contributed by atoms with Crippen molar-refractivity contribution in [3.05, 3.63) is 0 Å². The number of ether oxygens (including phenoxy) is 1. The van der Waals surface area contributed by atoms with Gasteiger partial charge in [-0.2, -0.15) is 0 Å². The van der Waals surface area contributed by atoms with E-state index in [2.05, 4.69) is 4.90 Å². The van der Waals surface area contributed by atoms with Gasteiger partial charge >= 0.3 is 0 Å². The van der Waals surface area contributed by atoms with Crippen molar-refractivity contribution in [3.63, 3.8) is 0 Å². The Morgan fingerprint density at radius 1 is 1.12 bits per heavy atom. The van der Waals surface area contributed by atoms with Crippen molar-refractivity contribution in [2.45, 2.75) is 12.8 Å². The quantitative estimate of drug-likeness (QED) is 0.526. The molecule has 0 atom stereocenters. The summed E-state index contributed by atoms with van der Waals surface area (Å²) in [7, 11) is 0. The number of nitrogens with zero attached hydrogens (tertiary/aromatic N) is 1. The van der Waals surface area contributed by atoms with Gasteiger partial charge in [-0.25, -0.2) is 0 Å². The lowest BCUT2D eigenvalue weighted by molar-refractivity contribution is -0.00458. The monoisotopic (exact) mass is 232 g/mol. The maximum absolute atomic E-state index is 8.97. The number of hydrogen-bond donors (Lipinski definition) is 3. The van der Waals surface area contributed by atoms with Crippen molar-refractivity contribution in [2.24, 2.45) is 11.1 Å². The predicted molar refractivity (Wildman–Crippen MR) is 62.2 cm³/mol. The van der Waals surface area contributed by atoms with E-state index in [1.807, 2.05) is 0 Å². The molecule has 1 aliphatic heterocycles. The van der Waals surface area contributed by atoms with Gasteiger partial charge in [-0.15, -0.1) is 0 Å². The fraction of sp³-hybridized carbons (Fsp3) is 1.00. The fourth-order valence-electron chi connectivity index (χ4n) is 2.26. The van der Waals surface area contributed by atoms with Crippen LogP contribution in [0.1, 0.15) is 12.8 Å². The smallest absolute Gasteiger partial charge is 0.0558 e. The van der Waals surface area contributed by atoms with Crippen LogP contribution in [0, 0.1) is 5.41 Å². The van der Waals surface area contributed by atoms with E-state index in [9.17, 15) is 0 Å². The second-order valence-electron chi connectivity index (χ2n) is 4.54. The van der Waals surface area contributed by atoms with Gasteiger partial charge in [-0.3, -0.25) is 4.90 Å². The predicted octanol–water partition coefficient (Wildman–Crippen LogP) is -0.971. The first-order valence-corrected chi connectivity index (χ1v) is 5.98. The van der Waals surface area contributed by atoms with Crippen LogP contribution in [-0.2, 0) is 4.74 Å². The van der Waals surface area contributed by atoms with Crippen LogP contribution in [-0.4, -0.2) is 67.7 Å². The molecule has 1 fully saturated rings. The molecular weight excluding hydrogens is 208 g/mol. The van der Waals surface area contributed by atoms with E-state index in [0.29, 0.717) is 19.6 Å². The Morgan fingerprint density at radius 3 is 2.12 bits per heavy atom. The summed E-state index contributed by atoms with van der Waals surface area (Å²) in [6, 6.07) is 0. The van der Waals surface area contributed by atoms with Crippen LogP contribution in [0.15, 0.2) is 0 Å². The molecule has 1 saturated heterocycles. The van der Waals surface area contributed by atoms with Crippen LogP contribution in [0.25, 0.3) is 0 Å². The molecule has 0 aromatic carbocycles. The lowest BCUT2D eigenvalue weighted by atomic mass is 9.79. The molecule has 0 radical (unpaired) electrons. The first-order chi connectivity index (χ1) is 7.76. The fourth-order valence-corrected chi connectivity index (χ4v) is 2.26. The molecule has 0 amide bonds. The van der Waals surface area contributed by atoms with Gasteiger partial charge in [0.25, 0.3) is 0 Å². The summed E-state index contributed by atoms with van der Waals surface area (Å²) < 4.78 is 5.36. The number of rotatable bonds is 7. The standard InChI is InChI=1S/C11H24N2O3/c12-9-11(1-7-16-8-2-11)10-13(3-5-14)4-6-15/h14-15H,1-10,12H2. The Kier molecular flexibility index (Phi) is 6.23. The second-order valence-corrected chi connectivity index (χ2v) is 4.54. The van der Waals surface area contributed by atoms with Crippen LogP contribution in [0.4, 0.5) is 0 Å². The first kappa shape index (κ1) is 13.9. The van der Waals surface area contributed by atoms with E-state index < -0.39 is 0 Å². The van der Waals surface area contributed by atoms with Crippen molar-refractivity contribution >= 4 is 0 Å². The molecule has 4 N–H and O–H groups in total. The van der Waals surface area contributed by atoms with Crippen LogP contribution < -0.4 is 5.73 Å². The highest BCUT2D eigenvalue weighted by molar-refractivity contribution is 4.86. The van der Waals surface area contributed by atoms with Gasteiger partial charge in [0.2, 0.25) is 0 Å². The minimum absolute atomic E-state index is 0.0998. The highest BCUT2D eigenvalue weighted by atomic mass is 16.5. The molecule has 1 heterocycles. The van der Waals surface area contributed by atoms with Gasteiger partial charge in [0.15, 0.2) is 0 Å². The molecule has 0 aromatic heterocycles. The number of aliphatic hydroxyl groups excluding tert-OH is 2. The summed E-state index contributed by atoms with van der Waals surface area (Å²) in [6.45, 7) is 4.46. The minimum atomic E-state index is 0.0998. The summed E-state index contributed by atoms with van der Waals surface area (Å²) in [5, 5.41) is 17.9. The Bertz CT molecular complexity index is 178. The van der Waals surface area contributed by atoms with Gasteiger partial charge in [0, 0.05) is 32.8 Å². The number of aliphatic hydroxyl groups is 2. The molecule has 0 bridgehead atoms. The summed E-state index contributed by atoms with van der Waals surface area (Å²) in [4.78, 5) is 2.08. The molecule has 5 heteroatoms. The van der Waals surface area contributed by atoms with Crippen molar-refractivity contribution in [1.29, 1.82) is 0 Å². The van der Waals surface area contributed by atoms with Gasteiger partial charge in [0.1, 0.15) is 0 Å². The van der Waals surface area contributed by atoms with E-state index in [4.69, 9.17) is 20.7 Å². The average Bonchev–Trinajstić information content (AvgIpc) is 2.31.